The number of nitrogens with zero attached hydrogens (tertiary/aromatic N) is 2. The van der Waals surface area contributed by atoms with Crippen molar-refractivity contribution in [2.75, 3.05) is 43.4 Å². The van der Waals surface area contributed by atoms with Gasteiger partial charge in [-0.15, -0.1) is 11.8 Å². The van der Waals surface area contributed by atoms with Crippen molar-refractivity contribution in [2.45, 2.75) is 17.9 Å². The Labute approximate surface area is 170 Å². The van der Waals surface area contributed by atoms with E-state index in [-0.39, 0.29) is 11.8 Å². The molecule has 146 valence electrons. The van der Waals surface area contributed by atoms with Crippen LogP contribution < -0.4 is 9.80 Å². The standard InChI is InChI=1S/C22H25N3O2S/c26-21(10-11-25-19-8-4-5-9-20(19)28-17-22(25)27)24-14-12-23(13-15-24)16-18-6-2-1-3-7-18/h1-9H,10-17H2/p+1. The molecule has 5 nitrogen and oxygen atoms in total. The van der Waals surface area contributed by atoms with Gasteiger partial charge in [-0.3, -0.25) is 9.59 Å². The number of hydrogen-bond acceptors (Lipinski definition) is 3. The Kier molecular flexibility index (Phi) is 5.98. The molecule has 6 heteroatoms. The zero-order chi connectivity index (χ0) is 19.3. The fourth-order valence-corrected chi connectivity index (χ4v) is 4.83. The Balaban J connectivity index is 1.28. The van der Waals surface area contributed by atoms with E-state index < -0.39 is 0 Å². The Morgan fingerprint density at radius 2 is 1.71 bits per heavy atom. The normalized spacial score (nSPS) is 17.5. The van der Waals surface area contributed by atoms with Gasteiger partial charge in [-0.2, -0.15) is 0 Å². The van der Waals surface area contributed by atoms with E-state index in [4.69, 9.17) is 0 Å². The Morgan fingerprint density at radius 3 is 2.50 bits per heavy atom. The monoisotopic (exact) mass is 396 g/mol. The highest BCUT2D eigenvalue weighted by atomic mass is 32.2. The van der Waals surface area contributed by atoms with Gasteiger partial charge in [-0.25, -0.2) is 0 Å². The molecule has 0 atom stereocenters. The average Bonchev–Trinajstić information content (AvgIpc) is 2.74. The molecule has 2 aromatic rings. The van der Waals surface area contributed by atoms with Gasteiger partial charge in [0.1, 0.15) is 6.54 Å². The van der Waals surface area contributed by atoms with Crippen molar-refractivity contribution in [2.24, 2.45) is 0 Å². The number of quaternary nitrogens is 1. The number of rotatable bonds is 5. The molecule has 0 aromatic heterocycles. The molecule has 0 bridgehead atoms. The van der Waals surface area contributed by atoms with Crippen LogP contribution in [0.4, 0.5) is 5.69 Å². The molecule has 2 heterocycles. The maximum absolute atomic E-state index is 12.7. The maximum atomic E-state index is 12.7. The average molecular weight is 397 g/mol. The number of nitrogens with one attached hydrogen (secondary N) is 1. The third-order valence-corrected chi connectivity index (χ3v) is 6.53. The lowest BCUT2D eigenvalue weighted by Gasteiger charge is -2.33. The third kappa shape index (κ3) is 4.39. The first-order valence-electron chi connectivity index (χ1n) is 9.88. The van der Waals surface area contributed by atoms with E-state index >= 15 is 0 Å². The molecule has 0 spiro atoms. The van der Waals surface area contributed by atoms with Crippen molar-refractivity contribution in [1.29, 1.82) is 0 Å². The topological polar surface area (TPSA) is 45.1 Å². The van der Waals surface area contributed by atoms with E-state index in [0.717, 1.165) is 43.3 Å². The first kappa shape index (κ1) is 19.0. The third-order valence-electron chi connectivity index (χ3n) is 5.48. The minimum atomic E-state index is 0.0913. The summed E-state index contributed by atoms with van der Waals surface area (Å²) in [6.07, 6.45) is 0.388. The summed E-state index contributed by atoms with van der Waals surface area (Å²) >= 11 is 1.57. The number of thioether (sulfide) groups is 1. The molecule has 1 saturated heterocycles. The van der Waals surface area contributed by atoms with Crippen LogP contribution in [0.2, 0.25) is 0 Å². The van der Waals surface area contributed by atoms with Gasteiger partial charge in [-0.1, -0.05) is 42.5 Å². The molecule has 0 aliphatic carbocycles. The second-order valence-corrected chi connectivity index (χ2v) is 8.36. The van der Waals surface area contributed by atoms with Crippen LogP contribution in [0.5, 0.6) is 0 Å². The highest BCUT2D eigenvalue weighted by molar-refractivity contribution is 8.00. The van der Waals surface area contributed by atoms with E-state index in [9.17, 15) is 9.59 Å². The predicted molar refractivity (Wildman–Crippen MR) is 112 cm³/mol. The molecule has 0 radical (unpaired) electrons. The van der Waals surface area contributed by atoms with E-state index in [0.29, 0.717) is 18.7 Å². The number of fused-ring (bicyclic) bond motifs is 1. The van der Waals surface area contributed by atoms with E-state index in [1.807, 2.05) is 35.2 Å². The first-order chi connectivity index (χ1) is 13.7. The van der Waals surface area contributed by atoms with Crippen LogP contribution in [0.1, 0.15) is 12.0 Å². The smallest absolute Gasteiger partial charge is 0.237 e. The lowest BCUT2D eigenvalue weighted by Crippen LogP contribution is -3.13. The predicted octanol–water partition coefficient (Wildman–Crippen LogP) is 1.44. The van der Waals surface area contributed by atoms with Gasteiger partial charge < -0.3 is 14.7 Å². The van der Waals surface area contributed by atoms with Crippen molar-refractivity contribution >= 4 is 29.3 Å². The van der Waals surface area contributed by atoms with E-state index in [1.54, 1.807) is 16.7 Å². The number of hydrogen-bond donors (Lipinski definition) is 1. The number of piperazine rings is 1. The number of carbonyl (C=O) groups is 2. The van der Waals surface area contributed by atoms with Crippen molar-refractivity contribution in [3.63, 3.8) is 0 Å². The minimum absolute atomic E-state index is 0.0913. The Hall–Kier alpha value is -2.31. The van der Waals surface area contributed by atoms with E-state index in [1.165, 1.54) is 10.5 Å². The molecule has 1 fully saturated rings. The van der Waals surface area contributed by atoms with Crippen LogP contribution in [0, 0.1) is 0 Å². The highest BCUT2D eigenvalue weighted by Crippen LogP contribution is 2.34. The van der Waals surface area contributed by atoms with Gasteiger partial charge in [0, 0.05) is 23.4 Å². The van der Waals surface area contributed by atoms with Gasteiger partial charge in [0.15, 0.2) is 0 Å². The molecule has 2 aromatic carbocycles. The summed E-state index contributed by atoms with van der Waals surface area (Å²) in [5.41, 5.74) is 2.28. The Bertz CT molecular complexity index is 835. The van der Waals surface area contributed by atoms with Gasteiger partial charge in [-0.05, 0) is 12.1 Å². The van der Waals surface area contributed by atoms with Crippen molar-refractivity contribution in [3.05, 3.63) is 60.2 Å². The SMILES string of the molecule is O=C(CCN1C(=O)CSc2ccccc21)N1CC[NH+](Cc2ccccc2)CC1. The van der Waals surface area contributed by atoms with Crippen LogP contribution in [-0.4, -0.2) is 55.2 Å². The van der Waals surface area contributed by atoms with Crippen molar-refractivity contribution in [3.8, 4) is 0 Å². The summed E-state index contributed by atoms with van der Waals surface area (Å²) in [5.74, 6) is 0.697. The maximum Gasteiger partial charge on any atom is 0.237 e. The molecule has 0 unspecified atom stereocenters. The summed E-state index contributed by atoms with van der Waals surface area (Å²) in [6, 6.07) is 18.5. The highest BCUT2D eigenvalue weighted by Gasteiger charge is 2.27. The van der Waals surface area contributed by atoms with Gasteiger partial charge in [0.25, 0.3) is 0 Å². The van der Waals surface area contributed by atoms with Crippen molar-refractivity contribution in [1.82, 2.24) is 4.90 Å². The lowest BCUT2D eigenvalue weighted by atomic mass is 10.2. The zero-order valence-corrected chi connectivity index (χ0v) is 16.8. The molecule has 0 saturated carbocycles. The summed E-state index contributed by atoms with van der Waals surface area (Å²) in [4.78, 5) is 31.4. The number of para-hydroxylation sites is 1. The summed E-state index contributed by atoms with van der Waals surface area (Å²) < 4.78 is 0. The fourth-order valence-electron chi connectivity index (χ4n) is 3.90. The lowest BCUT2D eigenvalue weighted by molar-refractivity contribution is -0.917. The molecule has 4 rings (SSSR count). The molecule has 2 aliphatic rings. The second kappa shape index (κ2) is 8.80. The second-order valence-electron chi connectivity index (χ2n) is 7.34. The van der Waals surface area contributed by atoms with Crippen LogP contribution in [0.3, 0.4) is 0 Å². The molecule has 2 amide bonds. The number of amides is 2. The van der Waals surface area contributed by atoms with Gasteiger partial charge in [0.05, 0.1) is 37.6 Å². The summed E-state index contributed by atoms with van der Waals surface area (Å²) in [6.45, 7) is 5.01. The Morgan fingerprint density at radius 1 is 1.00 bits per heavy atom. The van der Waals surface area contributed by atoms with Gasteiger partial charge in [0.2, 0.25) is 11.8 Å². The largest absolute Gasteiger partial charge is 0.331 e. The van der Waals surface area contributed by atoms with Crippen LogP contribution in [-0.2, 0) is 16.1 Å². The van der Waals surface area contributed by atoms with Gasteiger partial charge >= 0.3 is 0 Å². The zero-order valence-electron chi connectivity index (χ0n) is 16.0. The number of benzene rings is 2. The molecule has 2 aliphatic heterocycles. The van der Waals surface area contributed by atoms with E-state index in [2.05, 4.69) is 24.3 Å². The summed E-state index contributed by atoms with van der Waals surface area (Å²) in [5, 5.41) is 0. The number of anilines is 1. The van der Waals surface area contributed by atoms with Crippen LogP contribution in [0.15, 0.2) is 59.5 Å². The summed E-state index contributed by atoms with van der Waals surface area (Å²) in [7, 11) is 0. The molecule has 1 N–H and O–H groups in total. The van der Waals surface area contributed by atoms with Crippen molar-refractivity contribution < 1.29 is 14.5 Å². The quantitative estimate of drug-likeness (QED) is 0.832. The van der Waals surface area contributed by atoms with Crippen LogP contribution in [0.25, 0.3) is 0 Å². The molecular formula is C22H26N3O2S+. The molecular weight excluding hydrogens is 370 g/mol. The van der Waals surface area contributed by atoms with Crippen LogP contribution >= 0.6 is 11.8 Å². The fraction of sp³-hybridized carbons (Fsp3) is 0.364. The minimum Gasteiger partial charge on any atom is -0.331 e. The first-order valence-corrected chi connectivity index (χ1v) is 10.9. The number of carbonyl (C=O) groups excluding carboxylic acids is 2. The molecule has 28 heavy (non-hydrogen) atoms.